The Bertz CT molecular complexity index is 250. The van der Waals surface area contributed by atoms with Crippen LogP contribution in [0.5, 0.6) is 0 Å². The van der Waals surface area contributed by atoms with Gasteiger partial charge in [-0.25, -0.2) is 0 Å². The second-order valence-electron chi connectivity index (χ2n) is 5.47. The zero-order valence-corrected chi connectivity index (χ0v) is 11.1. The average Bonchev–Trinajstić information content (AvgIpc) is 2.15. The van der Waals surface area contributed by atoms with Gasteiger partial charge in [0.15, 0.2) is 0 Å². The number of carbonyl (C=O) groups is 1. The first-order chi connectivity index (χ1) is 7.38. The molecule has 3 heteroatoms. The third kappa shape index (κ3) is 3.21. The molecule has 0 saturated heterocycles. The van der Waals surface area contributed by atoms with Crippen molar-refractivity contribution in [2.45, 2.75) is 58.7 Å². The van der Waals surface area contributed by atoms with Crippen LogP contribution in [0.4, 0.5) is 0 Å². The maximum Gasteiger partial charge on any atom is 0.303 e. The number of hydrogen-bond donors (Lipinski definition) is 0. The second-order valence-corrected chi connectivity index (χ2v) is 5.47. The van der Waals surface area contributed by atoms with E-state index >= 15 is 0 Å². The zero-order chi connectivity index (χ0) is 12.3. The Labute approximate surface area is 98.5 Å². The van der Waals surface area contributed by atoms with Crippen LogP contribution >= 0.6 is 0 Å². The summed E-state index contributed by atoms with van der Waals surface area (Å²) in [4.78, 5) is 11.1. The van der Waals surface area contributed by atoms with Crippen LogP contribution in [0.15, 0.2) is 0 Å². The van der Waals surface area contributed by atoms with E-state index in [1.165, 1.54) is 6.92 Å². The van der Waals surface area contributed by atoms with Crippen molar-refractivity contribution in [3.05, 3.63) is 0 Å². The molecule has 0 spiro atoms. The molecule has 16 heavy (non-hydrogen) atoms. The maximum absolute atomic E-state index is 11.1. The van der Waals surface area contributed by atoms with E-state index in [2.05, 4.69) is 13.8 Å². The standard InChI is InChI=1S/C13H24O3/c1-9(2)11-6-7-13(4,16-10(3)14)8-12(11)15-5/h9,11-12H,6-8H2,1-5H3. The molecule has 1 aliphatic carbocycles. The van der Waals surface area contributed by atoms with Crippen molar-refractivity contribution in [3.63, 3.8) is 0 Å². The van der Waals surface area contributed by atoms with E-state index in [0.29, 0.717) is 11.8 Å². The van der Waals surface area contributed by atoms with Crippen LogP contribution in [0.1, 0.15) is 47.0 Å². The van der Waals surface area contributed by atoms with Crippen molar-refractivity contribution in [2.24, 2.45) is 11.8 Å². The SMILES string of the molecule is COC1CC(C)(OC(C)=O)CCC1C(C)C. The first-order valence-electron chi connectivity index (χ1n) is 6.10. The van der Waals surface area contributed by atoms with E-state index < -0.39 is 0 Å². The molecule has 3 atom stereocenters. The largest absolute Gasteiger partial charge is 0.459 e. The monoisotopic (exact) mass is 228 g/mol. The number of hydrogen-bond acceptors (Lipinski definition) is 3. The average molecular weight is 228 g/mol. The van der Waals surface area contributed by atoms with Gasteiger partial charge in [0.25, 0.3) is 0 Å². The van der Waals surface area contributed by atoms with Gasteiger partial charge < -0.3 is 9.47 Å². The van der Waals surface area contributed by atoms with E-state index in [1.807, 2.05) is 6.92 Å². The molecule has 1 saturated carbocycles. The van der Waals surface area contributed by atoms with E-state index in [1.54, 1.807) is 7.11 Å². The molecule has 0 aromatic carbocycles. The maximum atomic E-state index is 11.1. The summed E-state index contributed by atoms with van der Waals surface area (Å²) in [5.41, 5.74) is -0.335. The van der Waals surface area contributed by atoms with Gasteiger partial charge in [-0.2, -0.15) is 0 Å². The number of esters is 1. The van der Waals surface area contributed by atoms with Crippen LogP contribution in [0, 0.1) is 11.8 Å². The molecular formula is C13H24O3. The molecule has 3 unspecified atom stereocenters. The Morgan fingerprint density at radius 3 is 2.50 bits per heavy atom. The molecule has 0 bridgehead atoms. The molecule has 0 heterocycles. The molecule has 1 rings (SSSR count). The quantitative estimate of drug-likeness (QED) is 0.697. The topological polar surface area (TPSA) is 35.5 Å². The Balaban J connectivity index is 2.67. The summed E-state index contributed by atoms with van der Waals surface area (Å²) in [6, 6.07) is 0. The first kappa shape index (κ1) is 13.5. The second kappa shape index (κ2) is 5.17. The van der Waals surface area contributed by atoms with E-state index in [0.717, 1.165) is 19.3 Å². The number of methoxy groups -OCH3 is 1. The lowest BCUT2D eigenvalue weighted by molar-refractivity contribution is -0.167. The fourth-order valence-electron chi connectivity index (χ4n) is 2.80. The summed E-state index contributed by atoms with van der Waals surface area (Å²) in [7, 11) is 1.75. The van der Waals surface area contributed by atoms with Crippen molar-refractivity contribution < 1.29 is 14.3 Å². The first-order valence-corrected chi connectivity index (χ1v) is 6.10. The Morgan fingerprint density at radius 2 is 2.06 bits per heavy atom. The lowest BCUT2D eigenvalue weighted by atomic mass is 9.73. The molecule has 0 aromatic rings. The smallest absolute Gasteiger partial charge is 0.303 e. The summed E-state index contributed by atoms with van der Waals surface area (Å²) in [5, 5.41) is 0. The van der Waals surface area contributed by atoms with Gasteiger partial charge in [-0.05, 0) is 31.6 Å². The Kier molecular flexibility index (Phi) is 4.36. The van der Waals surface area contributed by atoms with Crippen LogP contribution < -0.4 is 0 Å². The van der Waals surface area contributed by atoms with Crippen molar-refractivity contribution in [1.82, 2.24) is 0 Å². The molecule has 1 aliphatic rings. The van der Waals surface area contributed by atoms with Crippen molar-refractivity contribution in [2.75, 3.05) is 7.11 Å². The minimum absolute atomic E-state index is 0.194. The normalized spacial score (nSPS) is 35.1. The summed E-state index contributed by atoms with van der Waals surface area (Å²) in [5.74, 6) is 1.00. The van der Waals surface area contributed by atoms with E-state index in [9.17, 15) is 4.79 Å². The molecule has 0 N–H and O–H groups in total. The fraction of sp³-hybridized carbons (Fsp3) is 0.923. The third-order valence-corrected chi connectivity index (χ3v) is 3.67. The molecular weight excluding hydrogens is 204 g/mol. The van der Waals surface area contributed by atoms with E-state index in [-0.39, 0.29) is 17.7 Å². The molecule has 1 fully saturated rings. The molecule has 0 aliphatic heterocycles. The third-order valence-electron chi connectivity index (χ3n) is 3.67. The van der Waals surface area contributed by atoms with Gasteiger partial charge in [0, 0.05) is 20.5 Å². The van der Waals surface area contributed by atoms with Gasteiger partial charge in [0.2, 0.25) is 0 Å². The minimum atomic E-state index is -0.335. The molecule has 0 radical (unpaired) electrons. The van der Waals surface area contributed by atoms with Crippen molar-refractivity contribution in [3.8, 4) is 0 Å². The van der Waals surface area contributed by atoms with Gasteiger partial charge in [0.05, 0.1) is 6.10 Å². The number of rotatable bonds is 3. The van der Waals surface area contributed by atoms with Gasteiger partial charge in [-0.3, -0.25) is 4.79 Å². The van der Waals surface area contributed by atoms with Crippen LogP contribution in [-0.4, -0.2) is 24.8 Å². The summed E-state index contributed by atoms with van der Waals surface area (Å²) in [6.07, 6.45) is 3.03. The Morgan fingerprint density at radius 1 is 1.44 bits per heavy atom. The molecule has 0 amide bonds. The highest BCUT2D eigenvalue weighted by Crippen LogP contribution is 2.39. The highest BCUT2D eigenvalue weighted by atomic mass is 16.6. The summed E-state index contributed by atoms with van der Waals surface area (Å²) in [6.45, 7) is 7.94. The lowest BCUT2D eigenvalue weighted by Gasteiger charge is -2.42. The van der Waals surface area contributed by atoms with Gasteiger partial charge >= 0.3 is 5.97 Å². The van der Waals surface area contributed by atoms with Gasteiger partial charge in [-0.15, -0.1) is 0 Å². The zero-order valence-electron chi connectivity index (χ0n) is 11.1. The highest BCUT2D eigenvalue weighted by Gasteiger charge is 2.41. The van der Waals surface area contributed by atoms with Crippen molar-refractivity contribution >= 4 is 5.97 Å². The lowest BCUT2D eigenvalue weighted by Crippen LogP contribution is -2.45. The number of ether oxygens (including phenoxy) is 2. The predicted octanol–water partition coefficient (Wildman–Crippen LogP) is 2.78. The Hall–Kier alpha value is -0.570. The summed E-state index contributed by atoms with van der Waals surface area (Å²) >= 11 is 0. The highest BCUT2D eigenvalue weighted by molar-refractivity contribution is 5.66. The van der Waals surface area contributed by atoms with Crippen LogP contribution in [-0.2, 0) is 14.3 Å². The van der Waals surface area contributed by atoms with Gasteiger partial charge in [-0.1, -0.05) is 13.8 Å². The van der Waals surface area contributed by atoms with Crippen LogP contribution in [0.25, 0.3) is 0 Å². The molecule has 0 aromatic heterocycles. The molecule has 94 valence electrons. The summed E-state index contributed by atoms with van der Waals surface area (Å²) < 4.78 is 11.0. The van der Waals surface area contributed by atoms with Crippen LogP contribution in [0.2, 0.25) is 0 Å². The van der Waals surface area contributed by atoms with E-state index in [4.69, 9.17) is 9.47 Å². The predicted molar refractivity (Wildman–Crippen MR) is 63.1 cm³/mol. The molecule has 3 nitrogen and oxygen atoms in total. The minimum Gasteiger partial charge on any atom is -0.459 e. The fourth-order valence-corrected chi connectivity index (χ4v) is 2.80. The number of carbonyl (C=O) groups excluding carboxylic acids is 1. The van der Waals surface area contributed by atoms with Crippen LogP contribution in [0.3, 0.4) is 0 Å². The van der Waals surface area contributed by atoms with Gasteiger partial charge in [0.1, 0.15) is 5.60 Å². The van der Waals surface area contributed by atoms with Crippen molar-refractivity contribution in [1.29, 1.82) is 0 Å².